The number of aromatic carboxylic acids is 1. The highest BCUT2D eigenvalue weighted by Gasteiger charge is 2.23. The third-order valence-corrected chi connectivity index (χ3v) is 4.57. The molecule has 0 unspecified atom stereocenters. The van der Waals surface area contributed by atoms with Gasteiger partial charge < -0.3 is 10.4 Å². The van der Waals surface area contributed by atoms with Crippen molar-refractivity contribution in [3.63, 3.8) is 0 Å². The number of benzene rings is 3. The number of nitrogens with one attached hydrogen (secondary N) is 1. The van der Waals surface area contributed by atoms with Crippen LogP contribution in [0.5, 0.6) is 0 Å². The molecule has 1 amide bonds. The van der Waals surface area contributed by atoms with E-state index in [0.29, 0.717) is 15.7 Å². The molecule has 136 valence electrons. The van der Waals surface area contributed by atoms with E-state index in [4.69, 9.17) is 28.3 Å². The number of rotatable bonds is 5. The van der Waals surface area contributed by atoms with Gasteiger partial charge in [-0.25, -0.2) is 4.79 Å². The van der Waals surface area contributed by atoms with Crippen LogP contribution in [0, 0.1) is 0 Å². The average molecular weight is 400 g/mol. The minimum atomic E-state index is -1.02. The van der Waals surface area contributed by atoms with E-state index in [9.17, 15) is 9.59 Å². The first-order chi connectivity index (χ1) is 12.9. The summed E-state index contributed by atoms with van der Waals surface area (Å²) in [4.78, 5) is 24.0. The lowest BCUT2D eigenvalue weighted by atomic mass is 9.90. The van der Waals surface area contributed by atoms with Crippen LogP contribution >= 0.6 is 23.2 Å². The van der Waals surface area contributed by atoms with Crippen molar-refractivity contribution >= 4 is 40.8 Å². The lowest BCUT2D eigenvalue weighted by Crippen LogP contribution is -2.22. The van der Waals surface area contributed by atoms with E-state index in [1.54, 1.807) is 60.7 Å². The van der Waals surface area contributed by atoms with E-state index in [1.165, 1.54) is 12.1 Å². The molecule has 3 aromatic carbocycles. The van der Waals surface area contributed by atoms with E-state index in [0.717, 1.165) is 11.1 Å². The fourth-order valence-electron chi connectivity index (χ4n) is 2.72. The van der Waals surface area contributed by atoms with Gasteiger partial charge in [0.25, 0.3) is 0 Å². The maximum Gasteiger partial charge on any atom is 0.335 e. The first-order valence-corrected chi connectivity index (χ1v) is 8.85. The Kier molecular flexibility index (Phi) is 5.79. The van der Waals surface area contributed by atoms with Crippen molar-refractivity contribution in [3.05, 3.63) is 99.5 Å². The van der Waals surface area contributed by atoms with Crippen molar-refractivity contribution < 1.29 is 14.7 Å². The van der Waals surface area contributed by atoms with Gasteiger partial charge in [0.05, 0.1) is 11.5 Å². The molecule has 4 nitrogen and oxygen atoms in total. The Morgan fingerprint density at radius 1 is 0.741 bits per heavy atom. The summed E-state index contributed by atoms with van der Waals surface area (Å²) in [7, 11) is 0. The number of hydrogen-bond donors (Lipinski definition) is 2. The van der Waals surface area contributed by atoms with Gasteiger partial charge in [0.15, 0.2) is 0 Å². The normalized spacial score (nSPS) is 10.6. The third kappa shape index (κ3) is 4.67. The highest BCUT2D eigenvalue weighted by atomic mass is 35.5. The van der Waals surface area contributed by atoms with Crippen LogP contribution in [0.3, 0.4) is 0 Å². The van der Waals surface area contributed by atoms with Crippen LogP contribution in [0.2, 0.25) is 10.0 Å². The highest BCUT2D eigenvalue weighted by molar-refractivity contribution is 6.30. The van der Waals surface area contributed by atoms with E-state index in [2.05, 4.69) is 5.32 Å². The van der Waals surface area contributed by atoms with Gasteiger partial charge in [-0.2, -0.15) is 0 Å². The summed E-state index contributed by atoms with van der Waals surface area (Å²) in [6.07, 6.45) is 0. The van der Waals surface area contributed by atoms with Crippen LogP contribution in [0.25, 0.3) is 0 Å². The first kappa shape index (κ1) is 19.0. The molecule has 3 aromatic rings. The van der Waals surface area contributed by atoms with E-state index in [1.807, 2.05) is 0 Å². The molecule has 2 N–H and O–H groups in total. The molecular weight excluding hydrogens is 385 g/mol. The standard InChI is InChI=1S/C21H15Cl2NO3/c22-16-7-1-13(2-8-16)19(14-3-9-17(23)10-4-14)20(25)24-18-11-5-15(6-12-18)21(26)27/h1-12,19H,(H,24,25)(H,26,27). The fraction of sp³-hybridized carbons (Fsp3) is 0.0476. The van der Waals surface area contributed by atoms with E-state index < -0.39 is 11.9 Å². The zero-order valence-electron chi connectivity index (χ0n) is 14.0. The van der Waals surface area contributed by atoms with E-state index in [-0.39, 0.29) is 11.5 Å². The third-order valence-electron chi connectivity index (χ3n) is 4.07. The summed E-state index contributed by atoms with van der Waals surface area (Å²) >= 11 is 11.9. The van der Waals surface area contributed by atoms with E-state index >= 15 is 0 Å². The van der Waals surface area contributed by atoms with Gasteiger partial charge in [0, 0.05) is 15.7 Å². The number of halogens is 2. The first-order valence-electron chi connectivity index (χ1n) is 8.09. The smallest absolute Gasteiger partial charge is 0.335 e. The molecule has 0 saturated carbocycles. The largest absolute Gasteiger partial charge is 0.478 e. The number of amides is 1. The van der Waals surface area contributed by atoms with Crippen LogP contribution in [-0.4, -0.2) is 17.0 Å². The molecular formula is C21H15Cl2NO3. The number of anilines is 1. The second-order valence-electron chi connectivity index (χ2n) is 5.91. The molecule has 0 aromatic heterocycles. The van der Waals surface area contributed by atoms with Crippen molar-refractivity contribution in [3.8, 4) is 0 Å². The second-order valence-corrected chi connectivity index (χ2v) is 6.78. The molecule has 0 atom stereocenters. The van der Waals surface area contributed by atoms with Crippen molar-refractivity contribution in [2.24, 2.45) is 0 Å². The van der Waals surface area contributed by atoms with Gasteiger partial charge in [0.2, 0.25) is 5.91 Å². The van der Waals surface area contributed by atoms with Crippen molar-refractivity contribution in [1.29, 1.82) is 0 Å². The molecule has 3 rings (SSSR count). The minimum absolute atomic E-state index is 0.153. The zero-order chi connectivity index (χ0) is 19.4. The zero-order valence-corrected chi connectivity index (χ0v) is 15.5. The lowest BCUT2D eigenvalue weighted by molar-refractivity contribution is -0.116. The van der Waals surface area contributed by atoms with Crippen LogP contribution in [-0.2, 0) is 4.79 Å². The Balaban J connectivity index is 1.91. The Hall–Kier alpha value is -2.82. The fourth-order valence-corrected chi connectivity index (χ4v) is 2.97. The van der Waals surface area contributed by atoms with Crippen LogP contribution in [0.1, 0.15) is 27.4 Å². The van der Waals surface area contributed by atoms with Crippen LogP contribution in [0.4, 0.5) is 5.69 Å². The van der Waals surface area contributed by atoms with Crippen molar-refractivity contribution in [1.82, 2.24) is 0 Å². The number of carbonyl (C=O) groups is 2. The predicted octanol–water partition coefficient (Wildman–Crippen LogP) is 5.46. The van der Waals surface area contributed by atoms with Gasteiger partial charge in [-0.1, -0.05) is 47.5 Å². The number of hydrogen-bond acceptors (Lipinski definition) is 2. The van der Waals surface area contributed by atoms with Crippen LogP contribution < -0.4 is 5.32 Å². The minimum Gasteiger partial charge on any atom is -0.478 e. The average Bonchev–Trinajstić information content (AvgIpc) is 2.65. The quantitative estimate of drug-likeness (QED) is 0.598. The maximum absolute atomic E-state index is 13.0. The van der Waals surface area contributed by atoms with Gasteiger partial charge in [-0.05, 0) is 59.7 Å². The van der Waals surface area contributed by atoms with Gasteiger partial charge in [-0.15, -0.1) is 0 Å². The van der Waals surface area contributed by atoms with Gasteiger partial charge in [-0.3, -0.25) is 4.79 Å². The highest BCUT2D eigenvalue weighted by Crippen LogP contribution is 2.28. The van der Waals surface area contributed by atoms with Crippen molar-refractivity contribution in [2.75, 3.05) is 5.32 Å². The molecule has 0 bridgehead atoms. The molecule has 0 fully saturated rings. The summed E-state index contributed by atoms with van der Waals surface area (Å²) in [5.74, 6) is -1.84. The van der Waals surface area contributed by atoms with Gasteiger partial charge in [0.1, 0.15) is 0 Å². The Labute approximate surface area is 166 Å². The van der Waals surface area contributed by atoms with Gasteiger partial charge >= 0.3 is 5.97 Å². The molecule has 0 heterocycles. The Morgan fingerprint density at radius 3 is 1.59 bits per heavy atom. The molecule has 0 aliphatic carbocycles. The molecule has 27 heavy (non-hydrogen) atoms. The maximum atomic E-state index is 13.0. The lowest BCUT2D eigenvalue weighted by Gasteiger charge is -2.18. The summed E-state index contributed by atoms with van der Waals surface area (Å²) in [5, 5.41) is 13.0. The topological polar surface area (TPSA) is 66.4 Å². The second kappa shape index (κ2) is 8.25. The molecule has 0 aliphatic rings. The summed E-state index contributed by atoms with van der Waals surface area (Å²) in [6.45, 7) is 0. The molecule has 0 saturated heterocycles. The molecule has 0 radical (unpaired) electrons. The predicted molar refractivity (Wildman–Crippen MR) is 107 cm³/mol. The molecule has 0 spiro atoms. The Bertz CT molecular complexity index is 907. The van der Waals surface area contributed by atoms with Crippen LogP contribution in [0.15, 0.2) is 72.8 Å². The molecule has 0 aliphatic heterocycles. The summed E-state index contributed by atoms with van der Waals surface area (Å²) < 4.78 is 0. The number of carboxylic acid groups (broad SMARTS) is 1. The summed E-state index contributed by atoms with van der Waals surface area (Å²) in [5.41, 5.74) is 2.22. The monoisotopic (exact) mass is 399 g/mol. The summed E-state index contributed by atoms with van der Waals surface area (Å²) in [6, 6.07) is 20.1. The Morgan fingerprint density at radius 2 is 1.19 bits per heavy atom. The molecule has 6 heteroatoms. The van der Waals surface area contributed by atoms with Crippen molar-refractivity contribution in [2.45, 2.75) is 5.92 Å². The SMILES string of the molecule is O=C(O)c1ccc(NC(=O)C(c2ccc(Cl)cc2)c2ccc(Cl)cc2)cc1. The number of carbonyl (C=O) groups excluding carboxylic acids is 1. The number of carboxylic acids is 1.